The van der Waals surface area contributed by atoms with Gasteiger partial charge in [0.1, 0.15) is 0 Å². The highest BCUT2D eigenvalue weighted by molar-refractivity contribution is 5.79. The Bertz CT molecular complexity index is 601. The lowest BCUT2D eigenvalue weighted by Gasteiger charge is -2.34. The summed E-state index contributed by atoms with van der Waals surface area (Å²) < 4.78 is 42.6. The summed E-state index contributed by atoms with van der Waals surface area (Å²) in [5, 5.41) is 5.79. The molecule has 1 aromatic carbocycles. The monoisotopic (exact) mass is 386 g/mol. The molecular weight excluding hydrogens is 357 g/mol. The van der Waals surface area contributed by atoms with E-state index in [1.165, 1.54) is 5.56 Å². The summed E-state index contributed by atoms with van der Waals surface area (Å²) in [6, 6.07) is 8.35. The average molecular weight is 386 g/mol. The van der Waals surface area contributed by atoms with Gasteiger partial charge in [0, 0.05) is 26.2 Å². The highest BCUT2D eigenvalue weighted by Gasteiger charge is 2.26. The summed E-state index contributed by atoms with van der Waals surface area (Å²) in [6.45, 7) is 7.77. The lowest BCUT2D eigenvalue weighted by Crippen LogP contribution is -2.42. The van der Waals surface area contributed by atoms with Gasteiger partial charge in [0.15, 0.2) is 5.96 Å². The third kappa shape index (κ3) is 7.76. The molecule has 0 aliphatic carbocycles. The zero-order valence-electron chi connectivity index (χ0n) is 16.0. The van der Waals surface area contributed by atoms with Gasteiger partial charge in [-0.15, -0.1) is 0 Å². The Labute approximate surface area is 159 Å². The van der Waals surface area contributed by atoms with Crippen molar-refractivity contribution in [1.82, 2.24) is 15.5 Å². The van der Waals surface area contributed by atoms with E-state index in [1.807, 2.05) is 26.0 Å². The van der Waals surface area contributed by atoms with Crippen molar-refractivity contribution in [2.24, 2.45) is 4.99 Å². The van der Waals surface area contributed by atoms with E-state index >= 15 is 0 Å². The Kier molecular flexibility index (Phi) is 8.37. The molecule has 1 aliphatic rings. The number of hydrogen-bond donors (Lipinski definition) is 2. The first kappa shape index (κ1) is 21.5. The van der Waals surface area contributed by atoms with Crippen LogP contribution in [0.5, 0.6) is 0 Å². The molecule has 0 aromatic heterocycles. The molecule has 8 heteroatoms. The first-order valence-corrected chi connectivity index (χ1v) is 9.36. The number of guanidine groups is 1. The van der Waals surface area contributed by atoms with Crippen molar-refractivity contribution >= 4 is 5.96 Å². The first-order valence-electron chi connectivity index (χ1n) is 9.36. The molecule has 0 bridgehead atoms. The van der Waals surface area contributed by atoms with Crippen LogP contribution >= 0.6 is 0 Å². The van der Waals surface area contributed by atoms with Gasteiger partial charge in [-0.05, 0) is 19.4 Å². The van der Waals surface area contributed by atoms with E-state index in [0.717, 1.165) is 18.7 Å². The smallest absolute Gasteiger partial charge is 0.379 e. The van der Waals surface area contributed by atoms with Crippen LogP contribution in [0, 0.1) is 6.92 Å². The van der Waals surface area contributed by atoms with Gasteiger partial charge in [-0.1, -0.05) is 29.8 Å². The molecule has 1 aliphatic heterocycles. The summed E-state index contributed by atoms with van der Waals surface area (Å²) in [7, 11) is 0. The van der Waals surface area contributed by atoms with Crippen LogP contribution in [0.25, 0.3) is 0 Å². The number of nitrogens with one attached hydrogen (secondary N) is 2. The highest BCUT2D eigenvalue weighted by Crippen LogP contribution is 2.23. The number of morpholine rings is 1. The minimum Gasteiger partial charge on any atom is -0.379 e. The number of aliphatic imine (C=N–C) groups is 1. The SMILES string of the molecule is CCNC(=NCC(c1cccc(C)c1)N1CCOCC1)NCCC(F)(F)F. The number of ether oxygens (including phenoxy) is 1. The molecule has 1 fully saturated rings. The van der Waals surface area contributed by atoms with E-state index in [4.69, 9.17) is 4.74 Å². The van der Waals surface area contributed by atoms with Crippen LogP contribution in [0.3, 0.4) is 0 Å². The van der Waals surface area contributed by atoms with Gasteiger partial charge in [0.2, 0.25) is 0 Å². The Hall–Kier alpha value is -1.80. The van der Waals surface area contributed by atoms with Crippen molar-refractivity contribution < 1.29 is 17.9 Å². The number of alkyl halides is 3. The molecule has 5 nitrogen and oxygen atoms in total. The largest absolute Gasteiger partial charge is 0.390 e. The number of aryl methyl sites for hydroxylation is 1. The fourth-order valence-electron chi connectivity index (χ4n) is 3.04. The Morgan fingerprint density at radius 3 is 2.63 bits per heavy atom. The molecule has 27 heavy (non-hydrogen) atoms. The van der Waals surface area contributed by atoms with E-state index in [2.05, 4.69) is 32.7 Å². The van der Waals surface area contributed by atoms with E-state index < -0.39 is 12.6 Å². The molecule has 1 aromatic rings. The van der Waals surface area contributed by atoms with Crippen LogP contribution in [-0.4, -0.2) is 63.0 Å². The van der Waals surface area contributed by atoms with E-state index in [-0.39, 0.29) is 12.6 Å². The number of halogens is 3. The van der Waals surface area contributed by atoms with Gasteiger partial charge in [0.05, 0.1) is 32.2 Å². The van der Waals surface area contributed by atoms with Crippen LogP contribution in [0.15, 0.2) is 29.3 Å². The maximum absolute atomic E-state index is 12.4. The van der Waals surface area contributed by atoms with E-state index in [1.54, 1.807) is 0 Å². The summed E-state index contributed by atoms with van der Waals surface area (Å²) in [5.74, 6) is 0.410. The van der Waals surface area contributed by atoms with Gasteiger partial charge in [0.25, 0.3) is 0 Å². The van der Waals surface area contributed by atoms with Crippen LogP contribution in [-0.2, 0) is 4.74 Å². The average Bonchev–Trinajstić information content (AvgIpc) is 2.62. The zero-order valence-corrected chi connectivity index (χ0v) is 16.0. The van der Waals surface area contributed by atoms with Crippen molar-refractivity contribution in [3.05, 3.63) is 35.4 Å². The van der Waals surface area contributed by atoms with Gasteiger partial charge < -0.3 is 15.4 Å². The highest BCUT2D eigenvalue weighted by atomic mass is 19.4. The van der Waals surface area contributed by atoms with Gasteiger partial charge in [-0.3, -0.25) is 9.89 Å². The maximum atomic E-state index is 12.4. The second-order valence-electron chi connectivity index (χ2n) is 6.59. The molecule has 1 heterocycles. The van der Waals surface area contributed by atoms with Crippen molar-refractivity contribution in [3.8, 4) is 0 Å². The quantitative estimate of drug-likeness (QED) is 0.559. The topological polar surface area (TPSA) is 48.9 Å². The van der Waals surface area contributed by atoms with Crippen LogP contribution in [0.4, 0.5) is 13.2 Å². The minimum absolute atomic E-state index is 0.0619. The third-order valence-corrected chi connectivity index (χ3v) is 4.38. The molecule has 2 rings (SSSR count). The lowest BCUT2D eigenvalue weighted by molar-refractivity contribution is -0.132. The molecular formula is C19H29F3N4O. The van der Waals surface area contributed by atoms with Crippen molar-refractivity contribution in [3.63, 3.8) is 0 Å². The van der Waals surface area contributed by atoms with Crippen molar-refractivity contribution in [2.45, 2.75) is 32.5 Å². The molecule has 0 amide bonds. The molecule has 1 saturated heterocycles. The number of rotatable bonds is 7. The van der Waals surface area contributed by atoms with Gasteiger partial charge in [-0.2, -0.15) is 13.2 Å². The predicted octanol–water partition coefficient (Wildman–Crippen LogP) is 2.88. The zero-order chi connectivity index (χ0) is 19.7. The summed E-state index contributed by atoms with van der Waals surface area (Å²) in [4.78, 5) is 6.88. The second-order valence-corrected chi connectivity index (χ2v) is 6.59. The fourth-order valence-corrected chi connectivity index (χ4v) is 3.04. The third-order valence-electron chi connectivity index (χ3n) is 4.38. The number of hydrogen-bond acceptors (Lipinski definition) is 3. The number of benzene rings is 1. The fraction of sp³-hybridized carbons (Fsp3) is 0.632. The molecule has 1 unspecified atom stereocenters. The van der Waals surface area contributed by atoms with Crippen LogP contribution in [0.2, 0.25) is 0 Å². The summed E-state index contributed by atoms with van der Waals surface area (Å²) >= 11 is 0. The van der Waals surface area contributed by atoms with Crippen LogP contribution < -0.4 is 10.6 Å². The number of nitrogens with zero attached hydrogens (tertiary/aromatic N) is 2. The molecule has 0 spiro atoms. The summed E-state index contributed by atoms with van der Waals surface area (Å²) in [6.07, 6.45) is -5.07. The minimum atomic E-state index is -4.18. The predicted molar refractivity (Wildman–Crippen MR) is 101 cm³/mol. The van der Waals surface area contributed by atoms with Gasteiger partial charge in [-0.25, -0.2) is 0 Å². The summed E-state index contributed by atoms with van der Waals surface area (Å²) in [5.41, 5.74) is 2.33. The molecule has 2 N–H and O–H groups in total. The van der Waals surface area contributed by atoms with Crippen LogP contribution in [0.1, 0.15) is 30.5 Å². The first-order chi connectivity index (χ1) is 12.9. The Balaban J connectivity index is 2.09. The van der Waals surface area contributed by atoms with Crippen molar-refractivity contribution in [2.75, 3.05) is 45.9 Å². The lowest BCUT2D eigenvalue weighted by atomic mass is 10.0. The molecule has 152 valence electrons. The molecule has 0 radical (unpaired) electrons. The molecule has 1 atom stereocenters. The Morgan fingerprint density at radius 1 is 1.26 bits per heavy atom. The molecule has 0 saturated carbocycles. The van der Waals surface area contributed by atoms with E-state index in [9.17, 15) is 13.2 Å². The normalized spacial score (nSPS) is 17.6. The van der Waals surface area contributed by atoms with Crippen molar-refractivity contribution in [1.29, 1.82) is 0 Å². The maximum Gasteiger partial charge on any atom is 0.390 e. The van der Waals surface area contributed by atoms with Gasteiger partial charge >= 0.3 is 6.18 Å². The Morgan fingerprint density at radius 2 is 2.00 bits per heavy atom. The second kappa shape index (κ2) is 10.5. The standard InChI is InChI=1S/C19H29F3N4O/c1-3-23-18(24-8-7-19(20,21)22)25-14-17(26-9-11-27-12-10-26)16-6-4-5-15(2)13-16/h4-6,13,17H,3,7-12,14H2,1-2H3,(H2,23,24,25). The van der Waals surface area contributed by atoms with E-state index in [0.29, 0.717) is 32.3 Å².